The number of likely N-dealkylation sites (tertiary alicyclic amines) is 1. The van der Waals surface area contributed by atoms with Crippen LogP contribution in [-0.4, -0.2) is 52.9 Å². The lowest BCUT2D eigenvalue weighted by Crippen LogP contribution is -2.18. The van der Waals surface area contributed by atoms with Crippen molar-refractivity contribution in [1.29, 1.82) is 0 Å². The second-order valence-electron chi connectivity index (χ2n) is 6.96. The lowest BCUT2D eigenvalue weighted by Gasteiger charge is -2.17. The summed E-state index contributed by atoms with van der Waals surface area (Å²) in [5.74, 6) is -0.407. The third-order valence-corrected chi connectivity index (χ3v) is 5.05. The number of carbonyl (C=O) groups excluding carboxylic acids is 1. The normalized spacial score (nSPS) is 16.9. The quantitative estimate of drug-likeness (QED) is 0.688. The van der Waals surface area contributed by atoms with Gasteiger partial charge in [0, 0.05) is 18.3 Å². The van der Waals surface area contributed by atoms with Gasteiger partial charge in [-0.15, -0.1) is 0 Å². The fourth-order valence-corrected chi connectivity index (χ4v) is 3.65. The van der Waals surface area contributed by atoms with Crippen LogP contribution in [0.4, 0.5) is 11.4 Å². The van der Waals surface area contributed by atoms with Gasteiger partial charge >= 0.3 is 5.97 Å². The van der Waals surface area contributed by atoms with Crippen molar-refractivity contribution in [2.75, 3.05) is 32.6 Å². The maximum absolute atomic E-state index is 12.1. The summed E-state index contributed by atoms with van der Waals surface area (Å²) >= 11 is 0. The molecule has 7 nitrogen and oxygen atoms in total. The Morgan fingerprint density at radius 2 is 2.00 bits per heavy atom. The standard InChI is InChI=1S/C21H23N5O2/c1-25-11-9-16(14-25)26-20(15-6-4-3-5-7-15)19(13-23-26)24-18-12-22-10-8-17(18)21(27)28-2/h3-8,10,12-13,16,24H,9,11,14H2,1-2H3. The number of hydrogen-bond acceptors (Lipinski definition) is 6. The minimum Gasteiger partial charge on any atom is -0.465 e. The number of nitrogens with zero attached hydrogens (tertiary/aromatic N) is 4. The lowest BCUT2D eigenvalue weighted by atomic mass is 10.1. The first-order chi connectivity index (χ1) is 13.7. The van der Waals surface area contributed by atoms with Crippen molar-refractivity contribution < 1.29 is 9.53 Å². The fraction of sp³-hybridized carbons (Fsp3) is 0.286. The van der Waals surface area contributed by atoms with Gasteiger partial charge in [0.15, 0.2) is 0 Å². The number of carbonyl (C=O) groups is 1. The maximum atomic E-state index is 12.1. The Hall–Kier alpha value is -3.19. The lowest BCUT2D eigenvalue weighted by molar-refractivity contribution is 0.0602. The molecule has 1 saturated heterocycles. The van der Waals surface area contributed by atoms with E-state index in [2.05, 4.69) is 39.1 Å². The summed E-state index contributed by atoms with van der Waals surface area (Å²) in [6, 6.07) is 12.1. The van der Waals surface area contributed by atoms with Gasteiger partial charge in [0.05, 0.1) is 48.2 Å². The molecule has 0 amide bonds. The number of ether oxygens (including phenoxy) is 1. The number of pyridine rings is 1. The van der Waals surface area contributed by atoms with Crippen LogP contribution in [0.15, 0.2) is 55.0 Å². The number of anilines is 2. The molecule has 1 aliphatic heterocycles. The zero-order valence-corrected chi connectivity index (χ0v) is 16.0. The number of benzene rings is 1. The van der Waals surface area contributed by atoms with Crippen molar-refractivity contribution in [1.82, 2.24) is 19.7 Å². The molecule has 0 radical (unpaired) electrons. The molecule has 4 rings (SSSR count). The molecule has 0 saturated carbocycles. The molecule has 1 atom stereocenters. The number of esters is 1. The molecule has 0 spiro atoms. The van der Waals surface area contributed by atoms with E-state index >= 15 is 0 Å². The summed E-state index contributed by atoms with van der Waals surface area (Å²) in [5.41, 5.74) is 3.93. The number of methoxy groups -OCH3 is 1. The van der Waals surface area contributed by atoms with Crippen LogP contribution in [0, 0.1) is 0 Å². The van der Waals surface area contributed by atoms with Crippen LogP contribution in [0.1, 0.15) is 22.8 Å². The zero-order chi connectivity index (χ0) is 19.5. The zero-order valence-electron chi connectivity index (χ0n) is 16.0. The van der Waals surface area contributed by atoms with Crippen LogP contribution in [0.5, 0.6) is 0 Å². The Bertz CT molecular complexity index is 970. The van der Waals surface area contributed by atoms with Crippen LogP contribution in [0.25, 0.3) is 11.3 Å². The van der Waals surface area contributed by atoms with Gasteiger partial charge in [0.2, 0.25) is 0 Å². The molecule has 1 aromatic carbocycles. The van der Waals surface area contributed by atoms with E-state index in [-0.39, 0.29) is 0 Å². The van der Waals surface area contributed by atoms with Crippen LogP contribution in [-0.2, 0) is 4.74 Å². The summed E-state index contributed by atoms with van der Waals surface area (Å²) in [4.78, 5) is 18.6. The molecule has 7 heteroatoms. The van der Waals surface area contributed by atoms with Crippen molar-refractivity contribution in [2.24, 2.45) is 0 Å². The van der Waals surface area contributed by atoms with E-state index in [1.54, 1.807) is 18.5 Å². The van der Waals surface area contributed by atoms with E-state index in [4.69, 9.17) is 9.84 Å². The topological polar surface area (TPSA) is 72.3 Å². The Morgan fingerprint density at radius 1 is 1.18 bits per heavy atom. The van der Waals surface area contributed by atoms with Gasteiger partial charge in [-0.05, 0) is 26.1 Å². The largest absolute Gasteiger partial charge is 0.465 e. The summed E-state index contributed by atoms with van der Waals surface area (Å²) in [6.45, 7) is 2.01. The molecular formula is C21H23N5O2. The average Bonchev–Trinajstić information content (AvgIpc) is 3.34. The van der Waals surface area contributed by atoms with Crippen molar-refractivity contribution in [3.63, 3.8) is 0 Å². The van der Waals surface area contributed by atoms with Crippen molar-refractivity contribution in [3.8, 4) is 11.3 Å². The summed E-state index contributed by atoms with van der Waals surface area (Å²) < 4.78 is 6.99. The summed E-state index contributed by atoms with van der Waals surface area (Å²) in [7, 11) is 3.50. The number of nitrogens with one attached hydrogen (secondary N) is 1. The third kappa shape index (κ3) is 3.48. The van der Waals surface area contributed by atoms with E-state index in [1.165, 1.54) is 7.11 Å². The van der Waals surface area contributed by atoms with Gasteiger partial charge in [0.1, 0.15) is 0 Å². The summed E-state index contributed by atoms with van der Waals surface area (Å²) in [5, 5.41) is 8.04. The maximum Gasteiger partial charge on any atom is 0.340 e. The van der Waals surface area contributed by atoms with Crippen LogP contribution in [0.3, 0.4) is 0 Å². The number of likely N-dealkylation sites (N-methyl/N-ethyl adjacent to an activating group) is 1. The molecular weight excluding hydrogens is 354 g/mol. The predicted octanol–water partition coefficient (Wildman–Crippen LogP) is 3.35. The SMILES string of the molecule is COC(=O)c1ccncc1Nc1cnn(C2CCN(C)C2)c1-c1ccccc1. The van der Waals surface area contributed by atoms with Gasteiger partial charge in [-0.2, -0.15) is 5.10 Å². The van der Waals surface area contributed by atoms with E-state index in [0.29, 0.717) is 17.3 Å². The first-order valence-corrected chi connectivity index (χ1v) is 9.28. The van der Waals surface area contributed by atoms with Crippen LogP contribution >= 0.6 is 0 Å². The van der Waals surface area contributed by atoms with Gasteiger partial charge in [-0.3, -0.25) is 9.67 Å². The average molecular weight is 377 g/mol. The van der Waals surface area contributed by atoms with Gasteiger partial charge in [-0.1, -0.05) is 30.3 Å². The highest BCUT2D eigenvalue weighted by atomic mass is 16.5. The van der Waals surface area contributed by atoms with E-state index in [1.807, 2.05) is 24.4 Å². The molecule has 0 aliphatic carbocycles. The molecule has 1 unspecified atom stereocenters. The Labute approximate surface area is 164 Å². The summed E-state index contributed by atoms with van der Waals surface area (Å²) in [6.07, 6.45) is 6.07. The highest BCUT2D eigenvalue weighted by Gasteiger charge is 2.26. The molecule has 3 aromatic rings. The number of hydrogen-bond donors (Lipinski definition) is 1. The predicted molar refractivity (Wildman–Crippen MR) is 108 cm³/mol. The van der Waals surface area contributed by atoms with Gasteiger partial charge in [0.25, 0.3) is 0 Å². The van der Waals surface area contributed by atoms with Crippen LogP contribution < -0.4 is 5.32 Å². The molecule has 2 aromatic heterocycles. The second-order valence-corrected chi connectivity index (χ2v) is 6.96. The first kappa shape index (κ1) is 18.2. The monoisotopic (exact) mass is 377 g/mol. The Morgan fingerprint density at radius 3 is 2.71 bits per heavy atom. The number of aromatic nitrogens is 3. The van der Waals surface area contributed by atoms with Crippen molar-refractivity contribution in [2.45, 2.75) is 12.5 Å². The molecule has 0 bridgehead atoms. The fourth-order valence-electron chi connectivity index (χ4n) is 3.65. The van der Waals surface area contributed by atoms with Crippen LogP contribution in [0.2, 0.25) is 0 Å². The van der Waals surface area contributed by atoms with Crippen molar-refractivity contribution >= 4 is 17.3 Å². The van der Waals surface area contributed by atoms with E-state index in [9.17, 15) is 4.79 Å². The Balaban J connectivity index is 1.76. The highest BCUT2D eigenvalue weighted by molar-refractivity contribution is 5.96. The molecule has 1 N–H and O–H groups in total. The van der Waals surface area contributed by atoms with Gasteiger partial charge < -0.3 is 15.0 Å². The molecule has 1 aliphatic rings. The first-order valence-electron chi connectivity index (χ1n) is 9.28. The van der Waals surface area contributed by atoms with Gasteiger partial charge in [-0.25, -0.2) is 4.79 Å². The number of rotatable bonds is 5. The highest BCUT2D eigenvalue weighted by Crippen LogP contribution is 2.35. The minimum atomic E-state index is -0.407. The molecule has 1 fully saturated rings. The molecule has 28 heavy (non-hydrogen) atoms. The van der Waals surface area contributed by atoms with E-state index < -0.39 is 5.97 Å². The second kappa shape index (κ2) is 7.82. The smallest absolute Gasteiger partial charge is 0.340 e. The Kier molecular flexibility index (Phi) is 5.08. The van der Waals surface area contributed by atoms with Crippen molar-refractivity contribution in [3.05, 3.63) is 60.6 Å². The minimum absolute atomic E-state index is 0.310. The molecule has 3 heterocycles. The molecule has 144 valence electrons. The van der Waals surface area contributed by atoms with E-state index in [0.717, 1.165) is 36.5 Å². The third-order valence-electron chi connectivity index (χ3n) is 5.05.